The van der Waals surface area contributed by atoms with E-state index in [1.165, 1.54) is 6.20 Å². The van der Waals surface area contributed by atoms with Crippen LogP contribution in [-0.4, -0.2) is 21.4 Å². The molecule has 0 spiro atoms. The summed E-state index contributed by atoms with van der Waals surface area (Å²) < 4.78 is 2.00. The van der Waals surface area contributed by atoms with E-state index in [-0.39, 0.29) is 5.91 Å². The molecule has 0 saturated carbocycles. The van der Waals surface area contributed by atoms with Gasteiger partial charge in [0.2, 0.25) is 0 Å². The SMILES string of the molecule is Cc1ccc(C(=O)NNC(=O)c2cc(C)n(-c3ccccc3)c2C)cn1. The lowest BCUT2D eigenvalue weighted by atomic mass is 10.2. The van der Waals surface area contributed by atoms with Gasteiger partial charge in [-0.3, -0.25) is 25.4 Å². The minimum atomic E-state index is -0.414. The molecule has 0 radical (unpaired) electrons. The van der Waals surface area contributed by atoms with Crippen molar-refractivity contribution in [2.75, 3.05) is 0 Å². The van der Waals surface area contributed by atoms with Gasteiger partial charge in [-0.2, -0.15) is 0 Å². The van der Waals surface area contributed by atoms with Crippen LogP contribution in [0.15, 0.2) is 54.7 Å². The number of amides is 2. The fourth-order valence-electron chi connectivity index (χ4n) is 2.82. The highest BCUT2D eigenvalue weighted by molar-refractivity contribution is 5.99. The van der Waals surface area contributed by atoms with Gasteiger partial charge in [0.25, 0.3) is 11.8 Å². The molecule has 0 bridgehead atoms. The molecular weight excluding hydrogens is 328 g/mol. The molecular formula is C20H20N4O2. The van der Waals surface area contributed by atoms with Crippen molar-refractivity contribution < 1.29 is 9.59 Å². The standard InChI is InChI=1S/C20H20N4O2/c1-13-9-10-16(12-21-13)19(25)22-23-20(26)18-11-14(2)24(15(18)3)17-7-5-4-6-8-17/h4-12H,1-3H3,(H,22,25)(H,23,26). The molecule has 132 valence electrons. The number of benzene rings is 1. The highest BCUT2D eigenvalue weighted by Crippen LogP contribution is 2.20. The molecule has 3 aromatic rings. The number of carbonyl (C=O) groups is 2. The van der Waals surface area contributed by atoms with Crippen molar-refractivity contribution in [1.29, 1.82) is 0 Å². The van der Waals surface area contributed by atoms with Crippen LogP contribution in [0.5, 0.6) is 0 Å². The van der Waals surface area contributed by atoms with Gasteiger partial charge in [-0.25, -0.2) is 0 Å². The van der Waals surface area contributed by atoms with Crippen LogP contribution in [0.2, 0.25) is 0 Å². The average molecular weight is 348 g/mol. The van der Waals surface area contributed by atoms with Crippen LogP contribution in [0.25, 0.3) is 5.69 Å². The molecule has 0 unspecified atom stereocenters. The first-order chi connectivity index (χ1) is 12.5. The first-order valence-electron chi connectivity index (χ1n) is 8.25. The number of hydrogen-bond donors (Lipinski definition) is 2. The van der Waals surface area contributed by atoms with Gasteiger partial charge in [-0.05, 0) is 51.1 Å². The Morgan fingerprint density at radius 3 is 2.27 bits per heavy atom. The highest BCUT2D eigenvalue weighted by Gasteiger charge is 2.17. The lowest BCUT2D eigenvalue weighted by Gasteiger charge is -2.10. The molecule has 0 atom stereocenters. The molecule has 2 N–H and O–H groups in total. The number of hydrazine groups is 1. The number of pyridine rings is 1. The van der Waals surface area contributed by atoms with E-state index < -0.39 is 5.91 Å². The van der Waals surface area contributed by atoms with Gasteiger partial charge in [-0.15, -0.1) is 0 Å². The third-order valence-corrected chi connectivity index (χ3v) is 4.15. The van der Waals surface area contributed by atoms with E-state index in [4.69, 9.17) is 0 Å². The fraction of sp³-hybridized carbons (Fsp3) is 0.150. The molecule has 0 aliphatic heterocycles. The van der Waals surface area contributed by atoms with Crippen molar-refractivity contribution in [3.8, 4) is 5.69 Å². The largest absolute Gasteiger partial charge is 0.318 e. The number of aryl methyl sites for hydroxylation is 2. The Balaban J connectivity index is 1.74. The number of nitrogens with zero attached hydrogens (tertiary/aromatic N) is 2. The molecule has 2 amide bonds. The van der Waals surface area contributed by atoms with E-state index >= 15 is 0 Å². The third kappa shape index (κ3) is 3.49. The van der Waals surface area contributed by atoms with Crippen LogP contribution in [-0.2, 0) is 0 Å². The summed E-state index contributed by atoms with van der Waals surface area (Å²) in [6.07, 6.45) is 1.47. The summed E-state index contributed by atoms with van der Waals surface area (Å²) in [6.45, 7) is 5.65. The Bertz CT molecular complexity index is 944. The third-order valence-electron chi connectivity index (χ3n) is 4.15. The fourth-order valence-corrected chi connectivity index (χ4v) is 2.82. The quantitative estimate of drug-likeness (QED) is 0.715. The Morgan fingerprint density at radius 1 is 0.923 bits per heavy atom. The zero-order valence-corrected chi connectivity index (χ0v) is 14.9. The zero-order chi connectivity index (χ0) is 18.7. The van der Waals surface area contributed by atoms with Gasteiger partial charge in [0, 0.05) is 29.0 Å². The molecule has 1 aromatic carbocycles. The maximum atomic E-state index is 12.5. The molecule has 2 aromatic heterocycles. The topological polar surface area (TPSA) is 76.0 Å². The Kier molecular flexibility index (Phi) is 4.84. The van der Waals surface area contributed by atoms with Gasteiger partial charge < -0.3 is 4.57 Å². The monoisotopic (exact) mass is 348 g/mol. The molecule has 6 nitrogen and oxygen atoms in total. The molecule has 0 fully saturated rings. The van der Waals surface area contributed by atoms with Crippen molar-refractivity contribution in [3.05, 3.63) is 82.9 Å². The predicted octanol–water partition coefficient (Wildman–Crippen LogP) is 2.87. The summed E-state index contributed by atoms with van der Waals surface area (Å²) in [6, 6.07) is 15.0. The number of nitrogens with one attached hydrogen (secondary N) is 2. The molecule has 2 heterocycles. The Labute approximate surface area is 151 Å². The Hall–Kier alpha value is -3.41. The van der Waals surface area contributed by atoms with Crippen molar-refractivity contribution in [3.63, 3.8) is 0 Å². The van der Waals surface area contributed by atoms with Crippen molar-refractivity contribution in [2.45, 2.75) is 20.8 Å². The number of rotatable bonds is 3. The summed E-state index contributed by atoms with van der Waals surface area (Å²) in [4.78, 5) is 28.7. The number of carbonyl (C=O) groups excluding carboxylic acids is 2. The van der Waals surface area contributed by atoms with Crippen LogP contribution in [0.1, 0.15) is 37.8 Å². The maximum absolute atomic E-state index is 12.5. The second kappa shape index (κ2) is 7.23. The molecule has 0 aliphatic rings. The highest BCUT2D eigenvalue weighted by atomic mass is 16.2. The van der Waals surface area contributed by atoms with E-state index in [0.29, 0.717) is 11.1 Å². The van der Waals surface area contributed by atoms with Gasteiger partial charge in [0.15, 0.2) is 0 Å². The molecule has 3 rings (SSSR count). The van der Waals surface area contributed by atoms with Crippen LogP contribution in [0.3, 0.4) is 0 Å². The van der Waals surface area contributed by atoms with Crippen LogP contribution < -0.4 is 10.9 Å². The van der Waals surface area contributed by atoms with E-state index in [1.54, 1.807) is 18.2 Å². The second-order valence-electron chi connectivity index (χ2n) is 6.05. The van der Waals surface area contributed by atoms with Gasteiger partial charge in [-0.1, -0.05) is 18.2 Å². The summed E-state index contributed by atoms with van der Waals surface area (Å²) in [5, 5.41) is 0. The zero-order valence-electron chi connectivity index (χ0n) is 14.9. The van der Waals surface area contributed by atoms with Gasteiger partial charge in [0.1, 0.15) is 0 Å². The molecule has 0 aliphatic carbocycles. The normalized spacial score (nSPS) is 10.4. The van der Waals surface area contributed by atoms with Gasteiger partial charge in [0.05, 0.1) is 11.1 Å². The average Bonchev–Trinajstić information content (AvgIpc) is 2.95. The molecule has 26 heavy (non-hydrogen) atoms. The van der Waals surface area contributed by atoms with Crippen LogP contribution >= 0.6 is 0 Å². The second-order valence-corrected chi connectivity index (χ2v) is 6.05. The van der Waals surface area contributed by atoms with E-state index in [2.05, 4.69) is 15.8 Å². The van der Waals surface area contributed by atoms with Crippen molar-refractivity contribution in [2.24, 2.45) is 0 Å². The number of aromatic nitrogens is 2. The number of para-hydroxylation sites is 1. The van der Waals surface area contributed by atoms with E-state index in [0.717, 1.165) is 22.8 Å². The Morgan fingerprint density at radius 2 is 1.62 bits per heavy atom. The minimum absolute atomic E-state index is 0.367. The van der Waals surface area contributed by atoms with E-state index in [9.17, 15) is 9.59 Å². The van der Waals surface area contributed by atoms with Gasteiger partial charge >= 0.3 is 0 Å². The first kappa shape index (κ1) is 17.4. The van der Waals surface area contributed by atoms with Crippen LogP contribution in [0.4, 0.5) is 0 Å². The smallest absolute Gasteiger partial charge is 0.271 e. The summed E-state index contributed by atoms with van der Waals surface area (Å²) >= 11 is 0. The summed E-state index contributed by atoms with van der Waals surface area (Å²) in [5.74, 6) is -0.781. The van der Waals surface area contributed by atoms with Crippen LogP contribution in [0, 0.1) is 20.8 Å². The molecule has 6 heteroatoms. The maximum Gasteiger partial charge on any atom is 0.271 e. The summed E-state index contributed by atoms with van der Waals surface area (Å²) in [5.41, 5.74) is 9.32. The summed E-state index contributed by atoms with van der Waals surface area (Å²) in [7, 11) is 0. The first-order valence-corrected chi connectivity index (χ1v) is 8.25. The lowest BCUT2D eigenvalue weighted by Crippen LogP contribution is -2.41. The van der Waals surface area contributed by atoms with E-state index in [1.807, 2.05) is 55.7 Å². The number of hydrogen-bond acceptors (Lipinski definition) is 3. The van der Waals surface area contributed by atoms with Crippen molar-refractivity contribution in [1.82, 2.24) is 20.4 Å². The lowest BCUT2D eigenvalue weighted by molar-refractivity contribution is 0.0846. The minimum Gasteiger partial charge on any atom is -0.318 e. The molecule has 0 saturated heterocycles. The predicted molar refractivity (Wildman–Crippen MR) is 99.1 cm³/mol. The van der Waals surface area contributed by atoms with Crippen molar-refractivity contribution >= 4 is 11.8 Å².